The first-order valence-corrected chi connectivity index (χ1v) is 7.95. The lowest BCUT2D eigenvalue weighted by Crippen LogP contribution is -2.32. The average Bonchev–Trinajstić information content (AvgIpc) is 2.58. The van der Waals surface area contributed by atoms with Gasteiger partial charge in [0.1, 0.15) is 18.1 Å². The number of rotatable bonds is 8. The number of aryl methyl sites for hydroxylation is 2. The van der Waals surface area contributed by atoms with Crippen LogP contribution >= 0.6 is 0 Å². The Kier molecular flexibility index (Phi) is 6.39. The lowest BCUT2D eigenvalue weighted by molar-refractivity contribution is -0.123. The quantitative estimate of drug-likeness (QED) is 0.718. The summed E-state index contributed by atoms with van der Waals surface area (Å²) in [6.07, 6.45) is 0. The van der Waals surface area contributed by atoms with E-state index in [0.29, 0.717) is 24.5 Å². The number of benzene rings is 2. The Bertz CT molecular complexity index is 742. The van der Waals surface area contributed by atoms with Crippen molar-refractivity contribution in [2.24, 2.45) is 5.73 Å². The highest BCUT2D eigenvalue weighted by Gasteiger charge is 2.05. The van der Waals surface area contributed by atoms with E-state index in [1.165, 1.54) is 5.56 Å². The molecule has 2 amide bonds. The van der Waals surface area contributed by atoms with Crippen molar-refractivity contribution in [2.45, 2.75) is 13.8 Å². The summed E-state index contributed by atoms with van der Waals surface area (Å²) in [5, 5.41) is 2.72. The van der Waals surface area contributed by atoms with Crippen molar-refractivity contribution in [3.63, 3.8) is 0 Å². The van der Waals surface area contributed by atoms with Crippen LogP contribution in [0.15, 0.2) is 42.5 Å². The summed E-state index contributed by atoms with van der Waals surface area (Å²) in [6.45, 7) is 4.66. The molecular weight excluding hydrogens is 320 g/mol. The molecule has 0 saturated heterocycles. The second kappa shape index (κ2) is 8.73. The summed E-state index contributed by atoms with van der Waals surface area (Å²) in [7, 11) is 0. The fraction of sp³-hybridized carbons (Fsp3) is 0.263. The molecule has 0 aromatic heterocycles. The van der Waals surface area contributed by atoms with Crippen LogP contribution in [0, 0.1) is 13.8 Å². The molecule has 6 nitrogen and oxygen atoms in total. The molecule has 0 atom stereocenters. The minimum atomic E-state index is -0.506. The van der Waals surface area contributed by atoms with Gasteiger partial charge < -0.3 is 20.5 Å². The monoisotopic (exact) mass is 342 g/mol. The number of carbonyl (C=O) groups excluding carboxylic acids is 2. The van der Waals surface area contributed by atoms with E-state index in [9.17, 15) is 9.59 Å². The maximum absolute atomic E-state index is 11.7. The first kappa shape index (κ1) is 18.3. The third kappa shape index (κ3) is 5.84. The Morgan fingerprint density at radius 2 is 1.76 bits per heavy atom. The van der Waals surface area contributed by atoms with Crippen LogP contribution in [0.3, 0.4) is 0 Å². The van der Waals surface area contributed by atoms with Crippen LogP contribution in [0.4, 0.5) is 0 Å². The highest BCUT2D eigenvalue weighted by molar-refractivity contribution is 5.92. The molecule has 25 heavy (non-hydrogen) atoms. The van der Waals surface area contributed by atoms with Crippen molar-refractivity contribution in [3.8, 4) is 11.5 Å². The Hall–Kier alpha value is -3.02. The number of ether oxygens (including phenoxy) is 2. The van der Waals surface area contributed by atoms with E-state index >= 15 is 0 Å². The predicted octanol–water partition coefficient (Wildman–Crippen LogP) is 1.98. The number of hydrogen-bond acceptors (Lipinski definition) is 4. The standard InChI is InChI=1S/C19H22N2O4/c1-13-3-8-17(14(2)11-13)24-10-9-21-18(22)12-25-16-6-4-15(5-7-16)19(20)23/h3-8,11H,9-10,12H2,1-2H3,(H2,20,23)(H,21,22). The van der Waals surface area contributed by atoms with Gasteiger partial charge in [-0.2, -0.15) is 0 Å². The minimum absolute atomic E-state index is 0.112. The van der Waals surface area contributed by atoms with Gasteiger partial charge >= 0.3 is 0 Å². The van der Waals surface area contributed by atoms with E-state index in [1.54, 1.807) is 24.3 Å². The van der Waals surface area contributed by atoms with Crippen molar-refractivity contribution in [1.29, 1.82) is 0 Å². The molecule has 0 saturated carbocycles. The molecule has 2 aromatic rings. The molecule has 132 valence electrons. The van der Waals surface area contributed by atoms with Crippen LogP contribution in [0.5, 0.6) is 11.5 Å². The molecule has 0 bridgehead atoms. The van der Waals surface area contributed by atoms with Crippen molar-refractivity contribution in [2.75, 3.05) is 19.8 Å². The lowest BCUT2D eigenvalue weighted by atomic mass is 10.1. The molecule has 0 aliphatic carbocycles. The Labute approximate surface area is 146 Å². The molecule has 2 aromatic carbocycles. The zero-order valence-corrected chi connectivity index (χ0v) is 14.4. The van der Waals surface area contributed by atoms with Gasteiger partial charge in [-0.15, -0.1) is 0 Å². The summed E-state index contributed by atoms with van der Waals surface area (Å²) >= 11 is 0. The molecule has 0 aliphatic heterocycles. The van der Waals surface area contributed by atoms with Crippen LogP contribution in [-0.2, 0) is 4.79 Å². The van der Waals surface area contributed by atoms with Gasteiger partial charge in [-0.05, 0) is 49.7 Å². The highest BCUT2D eigenvalue weighted by Crippen LogP contribution is 2.18. The predicted molar refractivity (Wildman–Crippen MR) is 94.9 cm³/mol. The smallest absolute Gasteiger partial charge is 0.258 e. The van der Waals surface area contributed by atoms with E-state index in [0.717, 1.165) is 11.3 Å². The van der Waals surface area contributed by atoms with Crippen molar-refractivity contribution < 1.29 is 19.1 Å². The number of primary amides is 1. The number of nitrogens with two attached hydrogens (primary N) is 1. The zero-order valence-electron chi connectivity index (χ0n) is 14.4. The third-order valence-electron chi connectivity index (χ3n) is 3.52. The minimum Gasteiger partial charge on any atom is -0.491 e. The molecule has 6 heteroatoms. The maximum Gasteiger partial charge on any atom is 0.258 e. The largest absolute Gasteiger partial charge is 0.491 e. The molecule has 0 aliphatic rings. The van der Waals surface area contributed by atoms with Gasteiger partial charge in [0.25, 0.3) is 5.91 Å². The van der Waals surface area contributed by atoms with Gasteiger partial charge in [0.15, 0.2) is 6.61 Å². The second-order valence-corrected chi connectivity index (χ2v) is 5.64. The lowest BCUT2D eigenvalue weighted by Gasteiger charge is -2.11. The van der Waals surface area contributed by atoms with E-state index in [1.807, 2.05) is 32.0 Å². The van der Waals surface area contributed by atoms with Crippen LogP contribution in [0.2, 0.25) is 0 Å². The van der Waals surface area contributed by atoms with Crippen LogP contribution in [-0.4, -0.2) is 31.6 Å². The fourth-order valence-electron chi connectivity index (χ4n) is 2.23. The first-order chi connectivity index (χ1) is 12.0. The summed E-state index contributed by atoms with van der Waals surface area (Å²) in [5.41, 5.74) is 7.79. The Balaban J connectivity index is 1.67. The molecule has 0 unspecified atom stereocenters. The normalized spacial score (nSPS) is 10.2. The van der Waals surface area contributed by atoms with Crippen molar-refractivity contribution in [1.82, 2.24) is 5.32 Å². The van der Waals surface area contributed by atoms with Gasteiger partial charge in [0.2, 0.25) is 5.91 Å². The van der Waals surface area contributed by atoms with Gasteiger partial charge in [0.05, 0.1) is 6.54 Å². The van der Waals surface area contributed by atoms with E-state index < -0.39 is 5.91 Å². The molecule has 3 N–H and O–H groups in total. The van der Waals surface area contributed by atoms with Crippen LogP contribution in [0.1, 0.15) is 21.5 Å². The average molecular weight is 342 g/mol. The summed E-state index contributed by atoms with van der Waals surface area (Å²) < 4.78 is 11.0. The molecule has 0 radical (unpaired) electrons. The number of nitrogens with one attached hydrogen (secondary N) is 1. The molecule has 0 fully saturated rings. The summed E-state index contributed by atoms with van der Waals surface area (Å²) in [4.78, 5) is 22.7. The molecule has 0 spiro atoms. The van der Waals surface area contributed by atoms with Gasteiger partial charge in [-0.3, -0.25) is 9.59 Å². The number of amides is 2. The molecular formula is C19H22N2O4. The summed E-state index contributed by atoms with van der Waals surface area (Å²) in [6, 6.07) is 12.2. The summed E-state index contributed by atoms with van der Waals surface area (Å²) in [5.74, 6) is 0.550. The fourth-order valence-corrected chi connectivity index (χ4v) is 2.23. The van der Waals surface area contributed by atoms with E-state index in [-0.39, 0.29) is 12.5 Å². The van der Waals surface area contributed by atoms with Gasteiger partial charge in [-0.1, -0.05) is 17.7 Å². The Morgan fingerprint density at radius 1 is 1.04 bits per heavy atom. The van der Waals surface area contributed by atoms with Crippen molar-refractivity contribution >= 4 is 11.8 Å². The van der Waals surface area contributed by atoms with Crippen LogP contribution < -0.4 is 20.5 Å². The maximum atomic E-state index is 11.7. The number of hydrogen-bond donors (Lipinski definition) is 2. The number of carbonyl (C=O) groups is 2. The molecule has 2 rings (SSSR count). The van der Waals surface area contributed by atoms with Gasteiger partial charge in [-0.25, -0.2) is 0 Å². The van der Waals surface area contributed by atoms with E-state index in [4.69, 9.17) is 15.2 Å². The van der Waals surface area contributed by atoms with E-state index in [2.05, 4.69) is 5.32 Å². The zero-order chi connectivity index (χ0) is 18.2. The van der Waals surface area contributed by atoms with Crippen molar-refractivity contribution in [3.05, 3.63) is 59.2 Å². The molecule has 0 heterocycles. The topological polar surface area (TPSA) is 90.7 Å². The first-order valence-electron chi connectivity index (χ1n) is 7.95. The SMILES string of the molecule is Cc1ccc(OCCNC(=O)COc2ccc(C(N)=O)cc2)c(C)c1. The third-order valence-corrected chi connectivity index (χ3v) is 3.52. The highest BCUT2D eigenvalue weighted by atomic mass is 16.5. The van der Waals surface area contributed by atoms with Crippen LogP contribution in [0.25, 0.3) is 0 Å². The Morgan fingerprint density at radius 3 is 2.40 bits per heavy atom. The van der Waals surface area contributed by atoms with Gasteiger partial charge in [0, 0.05) is 5.56 Å². The second-order valence-electron chi connectivity index (χ2n) is 5.64.